The number of rotatable bonds is 3. The minimum absolute atomic E-state index is 0.779. The average molecular weight is 149 g/mol. The lowest BCUT2D eigenvalue weighted by Gasteiger charge is -1.89. The standard InChI is InChI=1S/C10H15N/c1-4-6-9(3)7-8-10(11)5-2/h4-8H,1,11H2,2-3H3/b8-7-,9-6+,10-5+. The van der Waals surface area contributed by atoms with Gasteiger partial charge in [-0.25, -0.2) is 0 Å². The van der Waals surface area contributed by atoms with Crippen molar-refractivity contribution in [1.29, 1.82) is 0 Å². The molecule has 0 atom stereocenters. The van der Waals surface area contributed by atoms with Crippen LogP contribution in [0, 0.1) is 0 Å². The number of hydrogen-bond donors (Lipinski definition) is 1. The molecule has 1 heteroatoms. The van der Waals surface area contributed by atoms with Gasteiger partial charge in [0.1, 0.15) is 0 Å². The summed E-state index contributed by atoms with van der Waals surface area (Å²) in [5.74, 6) is 0. The highest BCUT2D eigenvalue weighted by atomic mass is 14.5. The van der Waals surface area contributed by atoms with Gasteiger partial charge in [-0.1, -0.05) is 36.5 Å². The summed E-state index contributed by atoms with van der Waals surface area (Å²) in [6, 6.07) is 0. The molecule has 0 spiro atoms. The van der Waals surface area contributed by atoms with Gasteiger partial charge in [0, 0.05) is 5.70 Å². The maximum Gasteiger partial charge on any atom is 0.0270 e. The van der Waals surface area contributed by atoms with Crippen LogP contribution in [0.3, 0.4) is 0 Å². The van der Waals surface area contributed by atoms with Gasteiger partial charge < -0.3 is 5.73 Å². The molecule has 0 heterocycles. The van der Waals surface area contributed by atoms with E-state index in [0.29, 0.717) is 0 Å². The molecule has 0 fully saturated rings. The van der Waals surface area contributed by atoms with Gasteiger partial charge in [0.2, 0.25) is 0 Å². The van der Waals surface area contributed by atoms with Crippen LogP contribution in [-0.4, -0.2) is 0 Å². The van der Waals surface area contributed by atoms with Gasteiger partial charge in [0.15, 0.2) is 0 Å². The summed E-state index contributed by atoms with van der Waals surface area (Å²) in [6.45, 7) is 7.50. The number of hydrogen-bond acceptors (Lipinski definition) is 1. The van der Waals surface area contributed by atoms with Crippen LogP contribution >= 0.6 is 0 Å². The summed E-state index contributed by atoms with van der Waals surface area (Å²) in [7, 11) is 0. The zero-order valence-electron chi connectivity index (χ0n) is 7.17. The lowest BCUT2D eigenvalue weighted by molar-refractivity contribution is 1.38. The zero-order chi connectivity index (χ0) is 8.69. The predicted molar refractivity (Wildman–Crippen MR) is 51.0 cm³/mol. The van der Waals surface area contributed by atoms with Crippen molar-refractivity contribution in [3.63, 3.8) is 0 Å². The Kier molecular flexibility index (Phi) is 4.91. The van der Waals surface area contributed by atoms with Gasteiger partial charge in [-0.2, -0.15) is 0 Å². The van der Waals surface area contributed by atoms with Crippen molar-refractivity contribution < 1.29 is 0 Å². The molecule has 0 radical (unpaired) electrons. The first-order valence-corrected chi connectivity index (χ1v) is 3.60. The molecule has 60 valence electrons. The van der Waals surface area contributed by atoms with Gasteiger partial charge >= 0.3 is 0 Å². The molecule has 0 aliphatic rings. The SMILES string of the molecule is C=C/C=C(C)/C=C\C(N)=C/C. The fourth-order valence-corrected chi connectivity index (χ4v) is 0.565. The molecule has 0 aliphatic heterocycles. The molecule has 0 saturated carbocycles. The van der Waals surface area contributed by atoms with E-state index < -0.39 is 0 Å². The van der Waals surface area contributed by atoms with Gasteiger partial charge in [-0.3, -0.25) is 0 Å². The third kappa shape index (κ3) is 5.22. The maximum absolute atomic E-state index is 5.54. The first kappa shape index (κ1) is 9.76. The molecule has 0 aliphatic carbocycles. The average Bonchev–Trinajstić information content (AvgIpc) is 2.01. The molecule has 0 aromatic heterocycles. The summed E-state index contributed by atoms with van der Waals surface area (Å²) in [5.41, 5.74) is 7.46. The van der Waals surface area contributed by atoms with Crippen molar-refractivity contribution >= 4 is 0 Å². The Morgan fingerprint density at radius 3 is 2.45 bits per heavy atom. The number of nitrogens with two attached hydrogens (primary N) is 1. The first-order valence-electron chi connectivity index (χ1n) is 3.60. The highest BCUT2D eigenvalue weighted by Crippen LogP contribution is 1.96. The zero-order valence-corrected chi connectivity index (χ0v) is 7.17. The first-order chi connectivity index (χ1) is 5.20. The molecule has 0 aromatic rings. The van der Waals surface area contributed by atoms with Crippen LogP contribution in [-0.2, 0) is 0 Å². The third-order valence-electron chi connectivity index (χ3n) is 1.25. The van der Waals surface area contributed by atoms with Crippen LogP contribution in [0.15, 0.2) is 48.2 Å². The molecular formula is C10H15N. The van der Waals surface area contributed by atoms with E-state index in [2.05, 4.69) is 6.58 Å². The van der Waals surface area contributed by atoms with Crippen LogP contribution in [0.4, 0.5) is 0 Å². The van der Waals surface area contributed by atoms with Crippen LogP contribution in [0.5, 0.6) is 0 Å². The Morgan fingerprint density at radius 1 is 1.36 bits per heavy atom. The highest BCUT2D eigenvalue weighted by Gasteiger charge is 1.79. The van der Waals surface area contributed by atoms with E-state index in [0.717, 1.165) is 11.3 Å². The molecule has 1 nitrogen and oxygen atoms in total. The van der Waals surface area contributed by atoms with Gasteiger partial charge in [-0.05, 0) is 19.9 Å². The summed E-state index contributed by atoms with van der Waals surface area (Å²) in [6.07, 6.45) is 9.37. The molecule has 2 N–H and O–H groups in total. The van der Waals surface area contributed by atoms with Crippen molar-refractivity contribution in [1.82, 2.24) is 0 Å². The van der Waals surface area contributed by atoms with Crippen molar-refractivity contribution in [2.45, 2.75) is 13.8 Å². The van der Waals surface area contributed by atoms with E-state index in [-0.39, 0.29) is 0 Å². The monoisotopic (exact) mass is 149 g/mol. The Labute approximate surface area is 68.6 Å². The van der Waals surface area contributed by atoms with Gasteiger partial charge in [0.25, 0.3) is 0 Å². The van der Waals surface area contributed by atoms with E-state index in [1.807, 2.05) is 38.2 Å². The molecular weight excluding hydrogens is 134 g/mol. The molecule has 0 aromatic carbocycles. The Hall–Kier alpha value is -1.24. The van der Waals surface area contributed by atoms with Crippen molar-refractivity contribution in [2.24, 2.45) is 5.73 Å². The second kappa shape index (κ2) is 5.54. The normalized spacial score (nSPS) is 14.0. The molecule has 0 rings (SSSR count). The van der Waals surface area contributed by atoms with Gasteiger partial charge in [-0.15, -0.1) is 0 Å². The highest BCUT2D eigenvalue weighted by molar-refractivity contribution is 5.26. The van der Waals surface area contributed by atoms with E-state index in [4.69, 9.17) is 5.73 Å². The second-order valence-corrected chi connectivity index (χ2v) is 2.27. The Morgan fingerprint density at radius 2 is 2.00 bits per heavy atom. The third-order valence-corrected chi connectivity index (χ3v) is 1.25. The molecule has 0 unspecified atom stereocenters. The van der Waals surface area contributed by atoms with Crippen molar-refractivity contribution in [3.8, 4) is 0 Å². The maximum atomic E-state index is 5.54. The topological polar surface area (TPSA) is 26.0 Å². The minimum Gasteiger partial charge on any atom is -0.399 e. The summed E-state index contributed by atoms with van der Waals surface area (Å²) in [4.78, 5) is 0. The quantitative estimate of drug-likeness (QED) is 0.613. The number of allylic oxidation sites excluding steroid dienone is 6. The molecule has 0 amide bonds. The van der Waals surface area contributed by atoms with Crippen molar-refractivity contribution in [3.05, 3.63) is 48.2 Å². The molecule has 0 saturated heterocycles. The largest absolute Gasteiger partial charge is 0.399 e. The Bertz CT molecular complexity index is 207. The summed E-state index contributed by atoms with van der Waals surface area (Å²) < 4.78 is 0. The lowest BCUT2D eigenvalue weighted by atomic mass is 10.2. The molecule has 11 heavy (non-hydrogen) atoms. The van der Waals surface area contributed by atoms with Crippen molar-refractivity contribution in [2.75, 3.05) is 0 Å². The summed E-state index contributed by atoms with van der Waals surface area (Å²) in [5, 5.41) is 0. The van der Waals surface area contributed by atoms with E-state index in [9.17, 15) is 0 Å². The van der Waals surface area contributed by atoms with E-state index >= 15 is 0 Å². The van der Waals surface area contributed by atoms with E-state index in [1.54, 1.807) is 6.08 Å². The fraction of sp³-hybridized carbons (Fsp3) is 0.200. The molecule has 0 bridgehead atoms. The van der Waals surface area contributed by atoms with Crippen LogP contribution in [0.2, 0.25) is 0 Å². The summed E-state index contributed by atoms with van der Waals surface area (Å²) >= 11 is 0. The van der Waals surface area contributed by atoms with Crippen LogP contribution < -0.4 is 5.73 Å². The minimum atomic E-state index is 0.779. The lowest BCUT2D eigenvalue weighted by Crippen LogP contribution is -1.90. The van der Waals surface area contributed by atoms with Gasteiger partial charge in [0.05, 0.1) is 0 Å². The fourth-order valence-electron chi connectivity index (χ4n) is 0.565. The Balaban J connectivity index is 4.13. The smallest absolute Gasteiger partial charge is 0.0270 e. The van der Waals surface area contributed by atoms with Crippen LogP contribution in [0.1, 0.15) is 13.8 Å². The van der Waals surface area contributed by atoms with E-state index in [1.165, 1.54) is 0 Å². The van der Waals surface area contributed by atoms with Crippen LogP contribution in [0.25, 0.3) is 0 Å². The predicted octanol–water partition coefficient (Wildman–Crippen LogP) is 2.54. The second-order valence-electron chi connectivity index (χ2n) is 2.27.